The Hall–Kier alpha value is -3.81. The third-order valence-corrected chi connectivity index (χ3v) is 4.39. The van der Waals surface area contributed by atoms with Crippen molar-refractivity contribution in [1.29, 1.82) is 0 Å². The van der Waals surface area contributed by atoms with E-state index < -0.39 is 0 Å². The second-order valence-electron chi connectivity index (χ2n) is 6.02. The average Bonchev–Trinajstić information content (AvgIpc) is 3.26. The van der Waals surface area contributed by atoms with Crippen LogP contribution in [-0.4, -0.2) is 29.9 Å². The lowest BCUT2D eigenvalue weighted by Gasteiger charge is -2.04. The van der Waals surface area contributed by atoms with Crippen molar-refractivity contribution in [3.8, 4) is 22.6 Å². The van der Waals surface area contributed by atoms with E-state index in [-0.39, 0.29) is 0 Å². The van der Waals surface area contributed by atoms with E-state index in [1.54, 1.807) is 12.3 Å². The Bertz CT molecular complexity index is 1270. The van der Waals surface area contributed by atoms with Gasteiger partial charge in [0.25, 0.3) is 0 Å². The summed E-state index contributed by atoms with van der Waals surface area (Å²) in [6.45, 7) is 1.95. The fraction of sp³-hybridized carbons (Fsp3) is 0.0556. The average molecular weight is 343 g/mol. The highest BCUT2D eigenvalue weighted by Crippen LogP contribution is 2.22. The fourth-order valence-electron chi connectivity index (χ4n) is 3.01. The van der Waals surface area contributed by atoms with E-state index in [1.807, 2.05) is 49.4 Å². The molecule has 0 bridgehead atoms. The van der Waals surface area contributed by atoms with Gasteiger partial charge in [-0.15, -0.1) is 14.5 Å². The van der Waals surface area contributed by atoms with E-state index >= 15 is 0 Å². The summed E-state index contributed by atoms with van der Waals surface area (Å²) in [5.74, 6) is 0.680. The van der Waals surface area contributed by atoms with Gasteiger partial charge in [-0.2, -0.15) is 4.98 Å². The number of benzene rings is 2. The lowest BCUT2D eigenvalue weighted by atomic mass is 10.1. The lowest BCUT2D eigenvalue weighted by molar-refractivity contribution is -0.667. The van der Waals surface area contributed by atoms with Crippen LogP contribution in [0.25, 0.3) is 39.5 Å². The summed E-state index contributed by atoms with van der Waals surface area (Å²) in [5, 5.41) is 23.2. The first-order valence-corrected chi connectivity index (χ1v) is 8.07. The highest BCUT2D eigenvalue weighted by Gasteiger charge is 2.21. The number of nitrogens with one attached hydrogen (secondary N) is 1. The molecule has 0 aliphatic heterocycles. The summed E-state index contributed by atoms with van der Waals surface area (Å²) in [6, 6.07) is 15.1. The minimum Gasteiger partial charge on any atom is -0.692 e. The fourth-order valence-corrected chi connectivity index (χ4v) is 3.01. The maximum Gasteiger partial charge on any atom is 0.382 e. The number of hydrogen-bond donors (Lipinski definition) is 1. The van der Waals surface area contributed by atoms with Crippen LogP contribution in [0.2, 0.25) is 0 Å². The molecule has 126 valence electrons. The van der Waals surface area contributed by atoms with Crippen molar-refractivity contribution in [2.45, 2.75) is 6.92 Å². The van der Waals surface area contributed by atoms with E-state index in [9.17, 15) is 5.21 Å². The molecule has 8 nitrogen and oxygen atoms in total. The topological polar surface area (TPSA) is 98.7 Å². The van der Waals surface area contributed by atoms with Crippen LogP contribution < -0.4 is 4.85 Å². The van der Waals surface area contributed by atoms with Crippen LogP contribution in [0.5, 0.6) is 0 Å². The smallest absolute Gasteiger partial charge is 0.382 e. The molecule has 2 aromatic carbocycles. The van der Waals surface area contributed by atoms with Gasteiger partial charge < -0.3 is 5.21 Å². The molecule has 0 saturated carbocycles. The molecule has 0 aliphatic rings. The summed E-state index contributed by atoms with van der Waals surface area (Å²) in [5.41, 5.74) is 5.00. The van der Waals surface area contributed by atoms with E-state index in [0.717, 1.165) is 38.3 Å². The molecule has 1 N–H and O–H groups in total. The molecule has 5 aromatic rings. The third-order valence-electron chi connectivity index (χ3n) is 4.39. The summed E-state index contributed by atoms with van der Waals surface area (Å²) < 4.78 is 1.39. The number of nitrogens with zero attached hydrogens (tertiary/aromatic N) is 6. The van der Waals surface area contributed by atoms with Crippen LogP contribution in [0.15, 0.2) is 54.7 Å². The van der Waals surface area contributed by atoms with Crippen molar-refractivity contribution in [3.05, 3.63) is 65.5 Å². The van der Waals surface area contributed by atoms with Gasteiger partial charge in [0.1, 0.15) is 5.52 Å². The van der Waals surface area contributed by atoms with E-state index in [2.05, 4.69) is 25.4 Å². The zero-order chi connectivity index (χ0) is 17.7. The molecule has 0 aliphatic carbocycles. The molecule has 0 atom stereocenters. The zero-order valence-corrected chi connectivity index (χ0v) is 13.8. The first-order valence-electron chi connectivity index (χ1n) is 8.07. The molecular formula is C18H13N7O. The first-order chi connectivity index (χ1) is 12.7. The number of hydrogen-bond acceptors (Lipinski definition) is 5. The molecule has 5 rings (SSSR count). The van der Waals surface area contributed by atoms with Crippen LogP contribution in [-0.2, 0) is 0 Å². The Kier molecular flexibility index (Phi) is 2.99. The zero-order valence-electron chi connectivity index (χ0n) is 13.8. The monoisotopic (exact) mass is 343 g/mol. The largest absolute Gasteiger partial charge is 0.692 e. The van der Waals surface area contributed by atoms with Crippen LogP contribution in [0.4, 0.5) is 0 Å². The number of rotatable bonds is 2. The maximum atomic E-state index is 12.6. The quantitative estimate of drug-likeness (QED) is 0.392. The number of fused-ring (bicyclic) bond motifs is 2. The highest BCUT2D eigenvalue weighted by molar-refractivity contribution is 5.80. The third kappa shape index (κ3) is 2.12. The minimum absolute atomic E-state index is 0.334. The van der Waals surface area contributed by atoms with E-state index in [1.165, 1.54) is 4.52 Å². The summed E-state index contributed by atoms with van der Waals surface area (Å²) in [6.07, 6.45) is 1.68. The molecule has 0 fully saturated rings. The summed E-state index contributed by atoms with van der Waals surface area (Å²) in [7, 11) is 0. The minimum atomic E-state index is 0.334. The molecule has 0 spiro atoms. The van der Waals surface area contributed by atoms with Crippen molar-refractivity contribution < 1.29 is 4.85 Å². The van der Waals surface area contributed by atoms with Gasteiger partial charge in [0.15, 0.2) is 0 Å². The van der Waals surface area contributed by atoms with Crippen molar-refractivity contribution >= 4 is 16.8 Å². The maximum absolute atomic E-state index is 12.6. The molecule has 3 aromatic heterocycles. The van der Waals surface area contributed by atoms with Gasteiger partial charge in [0.05, 0.1) is 23.0 Å². The van der Waals surface area contributed by atoms with Gasteiger partial charge in [-0.1, -0.05) is 29.5 Å². The second kappa shape index (κ2) is 5.35. The Balaban J connectivity index is 1.67. The SMILES string of the molecule is Cc1ccccc1-c1nc2nc(-c3ccc4nn[nH]c4c3)ccn2[n+]1[O-]. The number of aromatic nitrogens is 7. The Morgan fingerprint density at radius 3 is 2.85 bits per heavy atom. The van der Waals surface area contributed by atoms with E-state index in [4.69, 9.17) is 0 Å². The Morgan fingerprint density at radius 2 is 1.96 bits per heavy atom. The van der Waals surface area contributed by atoms with Crippen molar-refractivity contribution in [2.75, 3.05) is 0 Å². The van der Waals surface area contributed by atoms with Gasteiger partial charge in [0.2, 0.25) is 0 Å². The van der Waals surface area contributed by atoms with Gasteiger partial charge in [0, 0.05) is 10.5 Å². The molecular weight excluding hydrogens is 330 g/mol. The summed E-state index contributed by atoms with van der Waals surface area (Å²) in [4.78, 5) is 9.76. The standard InChI is InChI=1S/C18H13N7O/c1-11-4-2-3-5-13(11)17-20-18-19-14(8-9-24(18)25(17)26)12-6-7-15-16(10-12)22-23-21-15/h2-10H,1H3,(H,21,22,23). The number of aryl methyl sites for hydroxylation is 1. The lowest BCUT2D eigenvalue weighted by Crippen LogP contribution is -2.35. The van der Waals surface area contributed by atoms with Crippen LogP contribution in [0.3, 0.4) is 0 Å². The molecule has 26 heavy (non-hydrogen) atoms. The molecule has 0 unspecified atom stereocenters. The first kappa shape index (κ1) is 14.5. The molecule has 0 saturated heterocycles. The number of aromatic amines is 1. The van der Waals surface area contributed by atoms with Crippen LogP contribution in [0.1, 0.15) is 5.56 Å². The van der Waals surface area contributed by atoms with Crippen molar-refractivity contribution in [2.24, 2.45) is 0 Å². The van der Waals surface area contributed by atoms with Gasteiger partial charge >= 0.3 is 11.6 Å². The molecule has 0 radical (unpaired) electrons. The Morgan fingerprint density at radius 1 is 1.08 bits per heavy atom. The molecule has 3 heterocycles. The Labute approximate surface area is 147 Å². The highest BCUT2D eigenvalue weighted by atomic mass is 16.5. The predicted molar refractivity (Wildman–Crippen MR) is 95.0 cm³/mol. The van der Waals surface area contributed by atoms with E-state index in [0.29, 0.717) is 11.6 Å². The summed E-state index contributed by atoms with van der Waals surface area (Å²) >= 11 is 0. The molecule has 8 heteroatoms. The van der Waals surface area contributed by atoms with Crippen LogP contribution in [0, 0.1) is 12.1 Å². The van der Waals surface area contributed by atoms with Crippen molar-refractivity contribution in [3.63, 3.8) is 0 Å². The van der Waals surface area contributed by atoms with Gasteiger partial charge in [-0.05, 0) is 36.8 Å². The van der Waals surface area contributed by atoms with Gasteiger partial charge in [-0.3, -0.25) is 5.10 Å². The number of H-pyrrole nitrogens is 1. The van der Waals surface area contributed by atoms with Crippen LogP contribution >= 0.6 is 0 Å². The van der Waals surface area contributed by atoms with Gasteiger partial charge in [-0.25, -0.2) is 0 Å². The molecule has 0 amide bonds. The van der Waals surface area contributed by atoms with Crippen molar-refractivity contribution in [1.82, 2.24) is 29.9 Å². The second-order valence-corrected chi connectivity index (χ2v) is 6.02. The predicted octanol–water partition coefficient (Wildman–Crippen LogP) is 2.28. The normalized spacial score (nSPS) is 11.4.